The highest BCUT2D eigenvalue weighted by Gasteiger charge is 2.33. The topological polar surface area (TPSA) is 58.6 Å². The molecular weight excluding hydrogens is 256 g/mol. The van der Waals surface area contributed by atoms with Gasteiger partial charge >= 0.3 is 0 Å². The monoisotopic (exact) mass is 276 g/mol. The number of carbonyl (C=O) groups excluding carboxylic acids is 2. The lowest BCUT2D eigenvalue weighted by Gasteiger charge is -2.18. The van der Waals surface area contributed by atoms with Gasteiger partial charge in [0, 0.05) is 19.3 Å². The first-order valence-corrected chi connectivity index (χ1v) is 6.69. The third-order valence-corrected chi connectivity index (χ3v) is 3.33. The average Bonchev–Trinajstić information content (AvgIpc) is 2.70. The van der Waals surface area contributed by atoms with Crippen molar-refractivity contribution >= 4 is 17.5 Å². The molecule has 1 N–H and O–H groups in total. The van der Waals surface area contributed by atoms with Crippen molar-refractivity contribution in [2.45, 2.75) is 26.3 Å². The van der Waals surface area contributed by atoms with Gasteiger partial charge in [0.25, 0.3) is 0 Å². The van der Waals surface area contributed by atoms with Crippen molar-refractivity contribution in [1.82, 2.24) is 5.32 Å². The van der Waals surface area contributed by atoms with Gasteiger partial charge in [0.15, 0.2) is 0 Å². The van der Waals surface area contributed by atoms with Crippen molar-refractivity contribution < 1.29 is 14.3 Å². The number of nitrogens with one attached hydrogen (secondary N) is 1. The lowest BCUT2D eigenvalue weighted by molar-refractivity contribution is -0.128. The summed E-state index contributed by atoms with van der Waals surface area (Å²) in [5.41, 5.74) is 3.15. The summed E-state index contributed by atoms with van der Waals surface area (Å²) >= 11 is 0. The van der Waals surface area contributed by atoms with Gasteiger partial charge in [-0.1, -0.05) is 6.07 Å². The summed E-state index contributed by atoms with van der Waals surface area (Å²) in [5, 5.41) is 2.70. The predicted octanol–water partition coefficient (Wildman–Crippen LogP) is 1.17. The molecule has 1 aromatic carbocycles. The Morgan fingerprint density at radius 2 is 2.00 bits per heavy atom. The van der Waals surface area contributed by atoms with Crippen LogP contribution >= 0.6 is 0 Å². The molecule has 1 saturated heterocycles. The molecule has 1 heterocycles. The first kappa shape index (κ1) is 14.5. The zero-order valence-corrected chi connectivity index (χ0v) is 12.1. The number of carbonyl (C=O) groups is 2. The van der Waals surface area contributed by atoms with E-state index in [4.69, 9.17) is 4.74 Å². The van der Waals surface area contributed by atoms with E-state index in [0.29, 0.717) is 13.0 Å². The van der Waals surface area contributed by atoms with Crippen molar-refractivity contribution in [2.24, 2.45) is 0 Å². The Kier molecular flexibility index (Phi) is 4.39. The summed E-state index contributed by atoms with van der Waals surface area (Å²) in [6.45, 7) is 4.62. The van der Waals surface area contributed by atoms with Gasteiger partial charge in [-0.2, -0.15) is 0 Å². The van der Waals surface area contributed by atoms with Gasteiger partial charge in [-0.15, -0.1) is 0 Å². The van der Waals surface area contributed by atoms with Gasteiger partial charge in [-0.3, -0.25) is 9.59 Å². The fourth-order valence-electron chi connectivity index (χ4n) is 2.54. The normalized spacial score (nSPS) is 18.4. The molecular formula is C15H20N2O3. The number of nitrogens with zero attached hydrogens (tertiary/aromatic N) is 1. The van der Waals surface area contributed by atoms with Crippen LogP contribution in [0.2, 0.25) is 0 Å². The summed E-state index contributed by atoms with van der Waals surface area (Å²) in [6.07, 6.45) is 0.626. The standard InChI is InChI=1S/C15H20N2O3/c1-10-6-11(2)8-12(7-10)17-5-4-13(15(17)19)16-14(18)9-20-3/h6-8,13H,4-5,9H2,1-3H3,(H,16,18). The van der Waals surface area contributed by atoms with E-state index in [2.05, 4.69) is 11.4 Å². The minimum absolute atomic E-state index is 0.0205. The number of hydrogen-bond acceptors (Lipinski definition) is 3. The summed E-state index contributed by atoms with van der Waals surface area (Å²) < 4.78 is 4.76. The number of hydrogen-bond donors (Lipinski definition) is 1. The maximum atomic E-state index is 12.3. The fourth-order valence-corrected chi connectivity index (χ4v) is 2.54. The lowest BCUT2D eigenvalue weighted by atomic mass is 10.1. The van der Waals surface area contributed by atoms with Gasteiger partial charge in [0.05, 0.1) is 0 Å². The zero-order chi connectivity index (χ0) is 14.7. The van der Waals surface area contributed by atoms with Gasteiger partial charge in [0.2, 0.25) is 11.8 Å². The molecule has 0 saturated carbocycles. The molecule has 5 nitrogen and oxygen atoms in total. The van der Waals surface area contributed by atoms with E-state index in [0.717, 1.165) is 16.8 Å². The molecule has 0 aliphatic carbocycles. The smallest absolute Gasteiger partial charge is 0.249 e. The minimum atomic E-state index is -0.446. The van der Waals surface area contributed by atoms with Gasteiger partial charge in [-0.25, -0.2) is 0 Å². The summed E-state index contributed by atoms with van der Waals surface area (Å²) in [5.74, 6) is -0.312. The van der Waals surface area contributed by atoms with Crippen LogP contribution in [0.4, 0.5) is 5.69 Å². The Labute approximate surface area is 118 Å². The van der Waals surface area contributed by atoms with Crippen LogP contribution in [0.3, 0.4) is 0 Å². The third kappa shape index (κ3) is 3.17. The second kappa shape index (κ2) is 6.05. The average molecular weight is 276 g/mol. The van der Waals surface area contributed by atoms with E-state index >= 15 is 0 Å². The quantitative estimate of drug-likeness (QED) is 0.898. The molecule has 5 heteroatoms. The predicted molar refractivity (Wildman–Crippen MR) is 76.7 cm³/mol. The summed E-state index contributed by atoms with van der Waals surface area (Å²) in [4.78, 5) is 25.6. The molecule has 1 aliphatic heterocycles. The Morgan fingerprint density at radius 3 is 2.60 bits per heavy atom. The molecule has 108 valence electrons. The number of benzene rings is 1. The van der Waals surface area contributed by atoms with Crippen molar-refractivity contribution in [2.75, 3.05) is 25.2 Å². The SMILES string of the molecule is COCC(=O)NC1CCN(c2cc(C)cc(C)c2)C1=O. The highest BCUT2D eigenvalue weighted by atomic mass is 16.5. The van der Waals surface area contributed by atoms with Crippen LogP contribution in [-0.2, 0) is 14.3 Å². The van der Waals surface area contributed by atoms with Gasteiger partial charge in [-0.05, 0) is 43.5 Å². The second-order valence-electron chi connectivity index (χ2n) is 5.18. The van der Waals surface area contributed by atoms with E-state index in [1.165, 1.54) is 7.11 Å². The number of amides is 2. The van der Waals surface area contributed by atoms with Crippen LogP contribution in [0.5, 0.6) is 0 Å². The molecule has 1 fully saturated rings. The minimum Gasteiger partial charge on any atom is -0.375 e. The zero-order valence-electron chi connectivity index (χ0n) is 12.1. The first-order valence-electron chi connectivity index (χ1n) is 6.69. The Hall–Kier alpha value is -1.88. The number of aryl methyl sites for hydroxylation is 2. The van der Waals surface area contributed by atoms with Crippen LogP contribution in [0.25, 0.3) is 0 Å². The molecule has 1 aliphatic rings. The Balaban J connectivity index is 2.09. The highest BCUT2D eigenvalue weighted by molar-refractivity contribution is 6.01. The third-order valence-electron chi connectivity index (χ3n) is 3.33. The number of methoxy groups -OCH3 is 1. The molecule has 0 bridgehead atoms. The van der Waals surface area contributed by atoms with Crippen molar-refractivity contribution in [1.29, 1.82) is 0 Å². The van der Waals surface area contributed by atoms with E-state index in [1.54, 1.807) is 4.90 Å². The van der Waals surface area contributed by atoms with E-state index in [1.807, 2.05) is 26.0 Å². The molecule has 0 aromatic heterocycles. The van der Waals surface area contributed by atoms with E-state index in [-0.39, 0.29) is 18.4 Å². The maximum Gasteiger partial charge on any atom is 0.249 e. The second-order valence-corrected chi connectivity index (χ2v) is 5.18. The molecule has 0 spiro atoms. The Bertz CT molecular complexity index is 508. The molecule has 2 rings (SSSR count). The van der Waals surface area contributed by atoms with Gasteiger partial charge in [0.1, 0.15) is 12.6 Å². The molecule has 20 heavy (non-hydrogen) atoms. The van der Waals surface area contributed by atoms with E-state index in [9.17, 15) is 9.59 Å². The van der Waals surface area contributed by atoms with Crippen molar-refractivity contribution in [3.8, 4) is 0 Å². The molecule has 1 atom stereocenters. The number of rotatable bonds is 4. The molecule has 1 unspecified atom stereocenters. The molecule has 2 amide bonds. The largest absolute Gasteiger partial charge is 0.375 e. The summed E-state index contributed by atoms with van der Waals surface area (Å²) in [6, 6.07) is 5.61. The van der Waals surface area contributed by atoms with Crippen LogP contribution in [0.1, 0.15) is 17.5 Å². The van der Waals surface area contributed by atoms with Crippen molar-refractivity contribution in [3.05, 3.63) is 29.3 Å². The number of ether oxygens (including phenoxy) is 1. The first-order chi connectivity index (χ1) is 9.51. The lowest BCUT2D eigenvalue weighted by Crippen LogP contribution is -2.42. The Morgan fingerprint density at radius 1 is 1.35 bits per heavy atom. The molecule has 1 aromatic rings. The number of anilines is 1. The van der Waals surface area contributed by atoms with Gasteiger partial charge < -0.3 is 15.0 Å². The molecule has 0 radical (unpaired) electrons. The summed E-state index contributed by atoms with van der Waals surface area (Å²) in [7, 11) is 1.46. The maximum absolute atomic E-state index is 12.3. The van der Waals surface area contributed by atoms with Crippen molar-refractivity contribution in [3.63, 3.8) is 0 Å². The fraction of sp³-hybridized carbons (Fsp3) is 0.467. The van der Waals surface area contributed by atoms with Crippen LogP contribution in [-0.4, -0.2) is 38.1 Å². The van der Waals surface area contributed by atoms with Crippen LogP contribution in [0, 0.1) is 13.8 Å². The van der Waals surface area contributed by atoms with Crippen LogP contribution in [0.15, 0.2) is 18.2 Å². The highest BCUT2D eigenvalue weighted by Crippen LogP contribution is 2.24. The van der Waals surface area contributed by atoms with E-state index < -0.39 is 6.04 Å². The van der Waals surface area contributed by atoms with Crippen LogP contribution < -0.4 is 10.2 Å².